The van der Waals surface area contributed by atoms with Crippen LogP contribution in [0.5, 0.6) is 0 Å². The summed E-state index contributed by atoms with van der Waals surface area (Å²) >= 11 is 0. The summed E-state index contributed by atoms with van der Waals surface area (Å²) in [6.45, 7) is 6.49. The van der Waals surface area contributed by atoms with Crippen molar-refractivity contribution in [3.63, 3.8) is 0 Å². The molecule has 3 N–H and O–H groups in total. The lowest BCUT2D eigenvalue weighted by molar-refractivity contribution is 0.0697. The van der Waals surface area contributed by atoms with Crippen LogP contribution in [0.25, 0.3) is 0 Å². The van der Waals surface area contributed by atoms with Gasteiger partial charge in [-0.1, -0.05) is 20.8 Å². The summed E-state index contributed by atoms with van der Waals surface area (Å²) in [5.74, 6) is -1.96. The summed E-state index contributed by atoms with van der Waals surface area (Å²) in [5, 5.41) is 14.0. The molecule has 0 aliphatic carbocycles. The number of nitrogens with one attached hydrogen (secondary N) is 2. The predicted octanol–water partition coefficient (Wildman–Crippen LogP) is 3.08. The topological polar surface area (TPSA) is 78.4 Å². The van der Waals surface area contributed by atoms with Gasteiger partial charge in [-0.2, -0.15) is 0 Å². The van der Waals surface area contributed by atoms with Crippen molar-refractivity contribution in [1.29, 1.82) is 0 Å². The minimum Gasteiger partial charge on any atom is -0.478 e. The Kier molecular flexibility index (Phi) is 5.07. The van der Waals surface area contributed by atoms with E-state index in [0.29, 0.717) is 6.54 Å². The first-order chi connectivity index (χ1) is 9.25. The van der Waals surface area contributed by atoms with Crippen LogP contribution in [-0.2, 0) is 0 Å². The monoisotopic (exact) mass is 282 g/mol. The molecule has 5 nitrogen and oxygen atoms in total. The summed E-state index contributed by atoms with van der Waals surface area (Å²) < 4.78 is 13.0. The lowest BCUT2D eigenvalue weighted by Crippen LogP contribution is -2.36. The summed E-state index contributed by atoms with van der Waals surface area (Å²) in [6, 6.07) is 2.68. The number of carboxylic acid groups (broad SMARTS) is 1. The van der Waals surface area contributed by atoms with E-state index >= 15 is 0 Å². The number of carboxylic acids is 1. The molecular weight excluding hydrogens is 263 g/mol. The molecule has 0 aliphatic heterocycles. The number of amides is 2. The van der Waals surface area contributed by atoms with Gasteiger partial charge in [0.2, 0.25) is 0 Å². The molecule has 0 fully saturated rings. The van der Waals surface area contributed by atoms with E-state index < -0.39 is 17.8 Å². The van der Waals surface area contributed by atoms with Gasteiger partial charge in [0.15, 0.2) is 0 Å². The number of carbonyl (C=O) groups excluding carboxylic acids is 1. The third-order valence-corrected chi connectivity index (χ3v) is 3.14. The molecule has 1 aromatic rings. The van der Waals surface area contributed by atoms with Crippen LogP contribution < -0.4 is 10.6 Å². The maximum atomic E-state index is 13.0. The van der Waals surface area contributed by atoms with Crippen molar-refractivity contribution in [3.05, 3.63) is 29.6 Å². The maximum absolute atomic E-state index is 13.0. The molecule has 1 rings (SSSR count). The van der Waals surface area contributed by atoms with Crippen LogP contribution in [0.2, 0.25) is 0 Å². The molecule has 6 heteroatoms. The van der Waals surface area contributed by atoms with Crippen LogP contribution in [0.3, 0.4) is 0 Å². The summed E-state index contributed by atoms with van der Waals surface area (Å²) in [6.07, 6.45) is 0.893. The van der Waals surface area contributed by atoms with Crippen molar-refractivity contribution >= 4 is 17.7 Å². The van der Waals surface area contributed by atoms with Crippen LogP contribution in [0.4, 0.5) is 14.9 Å². The molecule has 0 saturated carbocycles. The van der Waals surface area contributed by atoms with Crippen molar-refractivity contribution in [2.75, 3.05) is 11.9 Å². The zero-order valence-electron chi connectivity index (χ0n) is 11.8. The predicted molar refractivity (Wildman–Crippen MR) is 74.5 cm³/mol. The summed E-state index contributed by atoms with van der Waals surface area (Å²) in [5.41, 5.74) is -0.268. The maximum Gasteiger partial charge on any atom is 0.337 e. The van der Waals surface area contributed by atoms with Crippen LogP contribution in [0.15, 0.2) is 18.2 Å². The van der Waals surface area contributed by atoms with Gasteiger partial charge in [0.25, 0.3) is 0 Å². The van der Waals surface area contributed by atoms with Gasteiger partial charge in [0, 0.05) is 6.54 Å². The van der Waals surface area contributed by atoms with E-state index in [1.54, 1.807) is 0 Å². The summed E-state index contributed by atoms with van der Waals surface area (Å²) in [7, 11) is 0. The van der Waals surface area contributed by atoms with E-state index in [2.05, 4.69) is 10.6 Å². The van der Waals surface area contributed by atoms with Gasteiger partial charge in [-0.15, -0.1) is 0 Å². The molecule has 20 heavy (non-hydrogen) atoms. The smallest absolute Gasteiger partial charge is 0.337 e. The van der Waals surface area contributed by atoms with E-state index in [-0.39, 0.29) is 16.7 Å². The standard InChI is InChI=1S/C14H19FN2O3/c1-4-14(2,3)8-16-13(20)17-11-6-5-9(15)7-10(11)12(18)19/h5-7H,4,8H2,1-3H3,(H,18,19)(H2,16,17,20). The average Bonchev–Trinajstić information content (AvgIpc) is 2.38. The number of halogens is 1. The highest BCUT2D eigenvalue weighted by Gasteiger charge is 2.17. The van der Waals surface area contributed by atoms with Crippen LogP contribution in [0, 0.1) is 11.2 Å². The molecule has 0 aromatic heterocycles. The number of aromatic carboxylic acids is 1. The van der Waals surface area contributed by atoms with Gasteiger partial charge in [0.1, 0.15) is 5.82 Å². The van der Waals surface area contributed by atoms with Crippen molar-refractivity contribution < 1.29 is 19.1 Å². The van der Waals surface area contributed by atoms with Gasteiger partial charge in [-0.3, -0.25) is 0 Å². The largest absolute Gasteiger partial charge is 0.478 e. The zero-order valence-corrected chi connectivity index (χ0v) is 11.8. The van der Waals surface area contributed by atoms with Crippen LogP contribution >= 0.6 is 0 Å². The molecule has 0 atom stereocenters. The number of urea groups is 1. The Bertz CT molecular complexity index is 515. The van der Waals surface area contributed by atoms with Gasteiger partial charge >= 0.3 is 12.0 Å². The number of anilines is 1. The second kappa shape index (κ2) is 6.36. The van der Waals surface area contributed by atoms with Crippen LogP contribution in [-0.4, -0.2) is 23.7 Å². The van der Waals surface area contributed by atoms with E-state index in [0.717, 1.165) is 18.6 Å². The molecule has 0 unspecified atom stereocenters. The molecule has 1 aromatic carbocycles. The van der Waals surface area contributed by atoms with Gasteiger partial charge in [-0.25, -0.2) is 14.0 Å². The van der Waals surface area contributed by atoms with Crippen molar-refractivity contribution in [3.8, 4) is 0 Å². The van der Waals surface area contributed by atoms with E-state index in [1.807, 2.05) is 20.8 Å². The fourth-order valence-electron chi connectivity index (χ4n) is 1.41. The van der Waals surface area contributed by atoms with Gasteiger partial charge in [-0.05, 0) is 30.0 Å². The minimum atomic E-state index is -1.30. The fraction of sp³-hybridized carbons (Fsp3) is 0.429. The molecular formula is C14H19FN2O3. The Morgan fingerprint density at radius 2 is 2.00 bits per heavy atom. The van der Waals surface area contributed by atoms with Crippen molar-refractivity contribution in [2.24, 2.45) is 5.41 Å². The van der Waals surface area contributed by atoms with Gasteiger partial charge in [0.05, 0.1) is 11.3 Å². The van der Waals surface area contributed by atoms with E-state index in [9.17, 15) is 14.0 Å². The molecule has 110 valence electrons. The number of rotatable bonds is 5. The number of hydrogen-bond acceptors (Lipinski definition) is 2. The Balaban J connectivity index is 2.74. The highest BCUT2D eigenvalue weighted by atomic mass is 19.1. The second-order valence-corrected chi connectivity index (χ2v) is 5.32. The Labute approximate surface area is 117 Å². The fourth-order valence-corrected chi connectivity index (χ4v) is 1.41. The van der Waals surface area contributed by atoms with Crippen molar-refractivity contribution in [1.82, 2.24) is 5.32 Å². The lowest BCUT2D eigenvalue weighted by atomic mass is 9.90. The van der Waals surface area contributed by atoms with Crippen molar-refractivity contribution in [2.45, 2.75) is 27.2 Å². The molecule has 2 amide bonds. The lowest BCUT2D eigenvalue weighted by Gasteiger charge is -2.23. The molecule has 0 bridgehead atoms. The van der Waals surface area contributed by atoms with Crippen LogP contribution in [0.1, 0.15) is 37.6 Å². The molecule has 0 saturated heterocycles. The molecule has 0 radical (unpaired) electrons. The number of carbonyl (C=O) groups is 2. The highest BCUT2D eigenvalue weighted by Crippen LogP contribution is 2.19. The Morgan fingerprint density at radius 1 is 1.35 bits per heavy atom. The first kappa shape index (κ1) is 15.9. The minimum absolute atomic E-state index is 0.0459. The molecule has 0 heterocycles. The third kappa shape index (κ3) is 4.53. The number of hydrogen-bond donors (Lipinski definition) is 3. The highest BCUT2D eigenvalue weighted by molar-refractivity contribution is 5.99. The van der Waals surface area contributed by atoms with E-state index in [1.165, 1.54) is 6.07 Å². The Morgan fingerprint density at radius 3 is 2.55 bits per heavy atom. The Hall–Kier alpha value is -2.11. The zero-order chi connectivity index (χ0) is 15.3. The number of benzene rings is 1. The first-order valence-corrected chi connectivity index (χ1v) is 6.33. The first-order valence-electron chi connectivity index (χ1n) is 6.33. The molecule has 0 aliphatic rings. The normalized spacial score (nSPS) is 11.0. The summed E-state index contributed by atoms with van der Waals surface area (Å²) in [4.78, 5) is 22.7. The van der Waals surface area contributed by atoms with Gasteiger partial charge < -0.3 is 15.7 Å². The third-order valence-electron chi connectivity index (χ3n) is 3.14. The SMILES string of the molecule is CCC(C)(C)CNC(=O)Nc1ccc(F)cc1C(=O)O. The molecule has 0 spiro atoms. The van der Waals surface area contributed by atoms with E-state index in [4.69, 9.17) is 5.11 Å². The average molecular weight is 282 g/mol. The second-order valence-electron chi connectivity index (χ2n) is 5.32. The quantitative estimate of drug-likeness (QED) is 0.776.